The molecule has 0 bridgehead atoms. The average Bonchev–Trinajstić information content (AvgIpc) is 2.69. The largest absolute Gasteiger partial charge is 0.341 e. The Hall–Kier alpha value is -2.82. The molecule has 0 saturated heterocycles. The Morgan fingerprint density at radius 3 is 2.07 bits per heavy atom. The lowest BCUT2D eigenvalue weighted by atomic mass is 10.1. The highest BCUT2D eigenvalue weighted by Gasteiger charge is 2.14. The quantitative estimate of drug-likeness (QED) is 0.536. The van der Waals surface area contributed by atoms with Crippen molar-refractivity contribution in [1.82, 2.24) is 4.90 Å². The summed E-state index contributed by atoms with van der Waals surface area (Å²) in [5, 5.41) is 4.15. The molecule has 0 aliphatic heterocycles. The standard InChI is InChI=1S/C24H22Cl2N2O2/c1-28(24(30)15-18-7-5-10-21(26)13-18)16-19-8-2-3-11-22(19)27-23(29)14-17-6-4-9-20(25)12-17/h2-13H,14-16H2,1H3,(H,27,29). The average molecular weight is 441 g/mol. The van der Waals surface area contributed by atoms with E-state index in [0.29, 0.717) is 22.3 Å². The second-order valence-electron chi connectivity index (χ2n) is 7.07. The number of benzene rings is 3. The number of hydrogen-bond acceptors (Lipinski definition) is 2. The van der Waals surface area contributed by atoms with Gasteiger partial charge in [-0.3, -0.25) is 9.59 Å². The van der Waals surface area contributed by atoms with Gasteiger partial charge in [0.15, 0.2) is 0 Å². The number of hydrogen-bond donors (Lipinski definition) is 1. The maximum atomic E-state index is 12.6. The van der Waals surface area contributed by atoms with Gasteiger partial charge < -0.3 is 10.2 Å². The van der Waals surface area contributed by atoms with Gasteiger partial charge in [0.2, 0.25) is 11.8 Å². The van der Waals surface area contributed by atoms with Crippen molar-refractivity contribution in [2.45, 2.75) is 19.4 Å². The predicted octanol–water partition coefficient (Wildman–Crippen LogP) is 5.38. The highest BCUT2D eigenvalue weighted by Crippen LogP contribution is 2.19. The molecule has 0 fully saturated rings. The van der Waals surface area contributed by atoms with Crippen LogP contribution in [0.15, 0.2) is 72.8 Å². The molecular weight excluding hydrogens is 419 g/mol. The van der Waals surface area contributed by atoms with Crippen LogP contribution in [0.4, 0.5) is 5.69 Å². The molecule has 0 saturated carbocycles. The van der Waals surface area contributed by atoms with Crippen LogP contribution in [-0.4, -0.2) is 23.8 Å². The molecule has 0 aliphatic carbocycles. The lowest BCUT2D eigenvalue weighted by molar-refractivity contribution is -0.129. The molecule has 0 aromatic heterocycles. The molecule has 1 N–H and O–H groups in total. The van der Waals surface area contributed by atoms with E-state index in [2.05, 4.69) is 5.32 Å². The van der Waals surface area contributed by atoms with Crippen LogP contribution < -0.4 is 5.32 Å². The van der Waals surface area contributed by atoms with Crippen LogP contribution in [0.5, 0.6) is 0 Å². The summed E-state index contributed by atoms with van der Waals surface area (Å²) in [5.74, 6) is -0.171. The zero-order valence-corrected chi connectivity index (χ0v) is 18.1. The lowest BCUT2D eigenvalue weighted by Crippen LogP contribution is -2.28. The fourth-order valence-corrected chi connectivity index (χ4v) is 3.53. The first-order chi connectivity index (χ1) is 14.4. The first-order valence-electron chi connectivity index (χ1n) is 9.51. The van der Waals surface area contributed by atoms with Gasteiger partial charge in [0.05, 0.1) is 12.8 Å². The zero-order chi connectivity index (χ0) is 21.5. The molecule has 154 valence electrons. The van der Waals surface area contributed by atoms with Crippen LogP contribution >= 0.6 is 23.2 Å². The van der Waals surface area contributed by atoms with Gasteiger partial charge in [-0.25, -0.2) is 0 Å². The van der Waals surface area contributed by atoms with Crippen molar-refractivity contribution in [2.75, 3.05) is 12.4 Å². The fraction of sp³-hybridized carbons (Fsp3) is 0.167. The summed E-state index contributed by atoms with van der Waals surface area (Å²) in [5.41, 5.74) is 3.25. The number of rotatable bonds is 7. The van der Waals surface area contributed by atoms with Crippen LogP contribution in [0.3, 0.4) is 0 Å². The summed E-state index contributed by atoms with van der Waals surface area (Å²) >= 11 is 12.0. The number of amides is 2. The Bertz CT molecular complexity index is 1050. The van der Waals surface area contributed by atoms with Crippen molar-refractivity contribution < 1.29 is 9.59 Å². The normalized spacial score (nSPS) is 10.5. The maximum absolute atomic E-state index is 12.6. The molecule has 6 heteroatoms. The minimum Gasteiger partial charge on any atom is -0.341 e. The minimum atomic E-state index is -0.141. The third-order valence-electron chi connectivity index (χ3n) is 4.62. The van der Waals surface area contributed by atoms with Crippen LogP contribution in [0.1, 0.15) is 16.7 Å². The second kappa shape index (κ2) is 10.3. The molecule has 0 unspecified atom stereocenters. The predicted molar refractivity (Wildman–Crippen MR) is 122 cm³/mol. The molecule has 3 aromatic rings. The SMILES string of the molecule is CN(Cc1ccccc1NC(=O)Cc1cccc(Cl)c1)C(=O)Cc1cccc(Cl)c1. The van der Waals surface area contributed by atoms with Crippen molar-refractivity contribution in [2.24, 2.45) is 0 Å². The van der Waals surface area contributed by atoms with E-state index in [1.165, 1.54) is 0 Å². The van der Waals surface area contributed by atoms with Crippen molar-refractivity contribution in [3.63, 3.8) is 0 Å². The number of carbonyl (C=O) groups excluding carboxylic acids is 2. The van der Waals surface area contributed by atoms with Gasteiger partial charge in [-0.05, 0) is 47.0 Å². The number of anilines is 1. The minimum absolute atomic E-state index is 0.0303. The molecule has 0 radical (unpaired) electrons. The molecule has 0 atom stereocenters. The second-order valence-corrected chi connectivity index (χ2v) is 7.94. The first kappa shape index (κ1) is 21.9. The van der Waals surface area contributed by atoms with Gasteiger partial charge in [-0.2, -0.15) is 0 Å². The van der Waals surface area contributed by atoms with E-state index in [9.17, 15) is 9.59 Å². The van der Waals surface area contributed by atoms with E-state index < -0.39 is 0 Å². The summed E-state index contributed by atoms with van der Waals surface area (Å²) in [6.07, 6.45) is 0.485. The lowest BCUT2D eigenvalue weighted by Gasteiger charge is -2.20. The zero-order valence-electron chi connectivity index (χ0n) is 16.6. The van der Waals surface area contributed by atoms with Gasteiger partial charge in [0.25, 0.3) is 0 Å². The van der Waals surface area contributed by atoms with Gasteiger partial charge in [0.1, 0.15) is 0 Å². The van der Waals surface area contributed by atoms with Gasteiger partial charge in [-0.15, -0.1) is 0 Å². The summed E-state index contributed by atoms with van der Waals surface area (Å²) in [6.45, 7) is 0.382. The van der Waals surface area contributed by atoms with E-state index in [0.717, 1.165) is 16.7 Å². The summed E-state index contributed by atoms with van der Waals surface area (Å²) in [7, 11) is 1.75. The summed E-state index contributed by atoms with van der Waals surface area (Å²) in [4.78, 5) is 26.8. The Labute approximate surface area is 186 Å². The van der Waals surface area contributed by atoms with E-state index in [1.54, 1.807) is 36.2 Å². The molecule has 3 aromatic carbocycles. The number of carbonyl (C=O) groups is 2. The molecule has 30 heavy (non-hydrogen) atoms. The number of halogens is 2. The Morgan fingerprint density at radius 2 is 1.43 bits per heavy atom. The molecule has 4 nitrogen and oxygen atoms in total. The Morgan fingerprint density at radius 1 is 0.833 bits per heavy atom. The van der Waals surface area contributed by atoms with Crippen molar-refractivity contribution >= 4 is 40.7 Å². The van der Waals surface area contributed by atoms with Crippen molar-refractivity contribution in [1.29, 1.82) is 0 Å². The van der Waals surface area contributed by atoms with Gasteiger partial charge in [-0.1, -0.05) is 65.7 Å². The number of nitrogens with one attached hydrogen (secondary N) is 1. The number of para-hydroxylation sites is 1. The summed E-state index contributed by atoms with van der Waals surface area (Å²) < 4.78 is 0. The molecule has 0 heterocycles. The Balaban J connectivity index is 1.64. The van der Waals surface area contributed by atoms with Gasteiger partial charge in [0, 0.05) is 29.3 Å². The fourth-order valence-electron chi connectivity index (χ4n) is 3.11. The Kier molecular flexibility index (Phi) is 7.50. The molecular formula is C24H22Cl2N2O2. The highest BCUT2D eigenvalue weighted by molar-refractivity contribution is 6.30. The smallest absolute Gasteiger partial charge is 0.228 e. The monoisotopic (exact) mass is 440 g/mol. The van der Waals surface area contributed by atoms with E-state index in [-0.39, 0.29) is 24.7 Å². The van der Waals surface area contributed by atoms with E-state index in [4.69, 9.17) is 23.2 Å². The van der Waals surface area contributed by atoms with E-state index >= 15 is 0 Å². The maximum Gasteiger partial charge on any atom is 0.228 e. The first-order valence-corrected chi connectivity index (χ1v) is 10.3. The van der Waals surface area contributed by atoms with Crippen LogP contribution in [0.25, 0.3) is 0 Å². The van der Waals surface area contributed by atoms with E-state index in [1.807, 2.05) is 48.5 Å². The number of likely N-dealkylation sites (N-methyl/N-ethyl adjacent to an activating group) is 1. The molecule has 0 aliphatic rings. The van der Waals surface area contributed by atoms with Crippen LogP contribution in [0, 0.1) is 0 Å². The van der Waals surface area contributed by atoms with Crippen molar-refractivity contribution in [3.05, 3.63) is 99.5 Å². The molecule has 2 amide bonds. The van der Waals surface area contributed by atoms with Gasteiger partial charge >= 0.3 is 0 Å². The number of nitrogens with zero attached hydrogens (tertiary/aromatic N) is 1. The highest BCUT2D eigenvalue weighted by atomic mass is 35.5. The molecule has 0 spiro atoms. The van der Waals surface area contributed by atoms with Crippen molar-refractivity contribution in [3.8, 4) is 0 Å². The third kappa shape index (κ3) is 6.34. The van der Waals surface area contributed by atoms with Crippen LogP contribution in [0.2, 0.25) is 10.0 Å². The van der Waals surface area contributed by atoms with Crippen LogP contribution in [-0.2, 0) is 29.0 Å². The topological polar surface area (TPSA) is 49.4 Å². The third-order valence-corrected chi connectivity index (χ3v) is 5.09. The summed E-state index contributed by atoms with van der Waals surface area (Å²) in [6, 6.07) is 22.0. The molecule has 3 rings (SSSR count).